The van der Waals surface area contributed by atoms with Gasteiger partial charge in [-0.2, -0.15) is 0 Å². The molecule has 1 N–H and O–H groups in total. The van der Waals surface area contributed by atoms with Crippen LogP contribution in [0.4, 0.5) is 5.69 Å². The van der Waals surface area contributed by atoms with Crippen LogP contribution in [0.5, 0.6) is 11.5 Å². The molecule has 3 heteroatoms. The molecule has 0 aliphatic heterocycles. The van der Waals surface area contributed by atoms with E-state index in [1.165, 1.54) is 12.8 Å². The van der Waals surface area contributed by atoms with E-state index in [1.807, 2.05) is 19.1 Å². The molecule has 1 aromatic rings. The van der Waals surface area contributed by atoms with Gasteiger partial charge in [-0.3, -0.25) is 0 Å². The van der Waals surface area contributed by atoms with Crippen LogP contribution in [0.2, 0.25) is 0 Å². The first kappa shape index (κ1) is 14.3. The molecule has 3 nitrogen and oxygen atoms in total. The third-order valence-corrected chi connectivity index (χ3v) is 4.83. The fourth-order valence-corrected chi connectivity index (χ4v) is 3.80. The lowest BCUT2D eigenvalue weighted by molar-refractivity contribution is 0.311. The molecular formula is C18H25NO2. The van der Waals surface area contributed by atoms with E-state index in [-0.39, 0.29) is 0 Å². The van der Waals surface area contributed by atoms with Gasteiger partial charge in [0.2, 0.25) is 0 Å². The van der Waals surface area contributed by atoms with E-state index < -0.39 is 0 Å². The van der Waals surface area contributed by atoms with Crippen LogP contribution in [-0.4, -0.2) is 19.8 Å². The van der Waals surface area contributed by atoms with E-state index in [9.17, 15) is 0 Å². The lowest BCUT2D eigenvalue weighted by atomic mass is 9.87. The minimum atomic E-state index is 0.479. The van der Waals surface area contributed by atoms with Crippen LogP contribution < -0.4 is 14.8 Å². The Labute approximate surface area is 127 Å². The zero-order valence-corrected chi connectivity index (χ0v) is 13.1. The first-order chi connectivity index (χ1) is 10.2. The first-order valence-electron chi connectivity index (χ1n) is 7.97. The quantitative estimate of drug-likeness (QED) is 0.799. The molecule has 21 heavy (non-hydrogen) atoms. The molecule has 0 amide bonds. The first-order valence-corrected chi connectivity index (χ1v) is 7.97. The van der Waals surface area contributed by atoms with Crippen LogP contribution >= 0.6 is 0 Å². The standard InChI is InChI=1S/C18H25NO2/c1-4-21-18-11-15(7-8-17(18)20-3)19-12(2)16-10-13-5-6-14(16)9-13/h5-8,11-14,16,19H,4,9-10H2,1-3H3. The molecule has 1 aromatic carbocycles. The highest BCUT2D eigenvalue weighted by Crippen LogP contribution is 2.45. The lowest BCUT2D eigenvalue weighted by Crippen LogP contribution is -2.28. The SMILES string of the molecule is CCOc1cc(NC(C)C2CC3C=CC2C3)ccc1OC. The maximum Gasteiger partial charge on any atom is 0.163 e. The van der Waals surface area contributed by atoms with Crippen LogP contribution in [0, 0.1) is 17.8 Å². The normalized spacial score (nSPS) is 27.7. The number of methoxy groups -OCH3 is 1. The van der Waals surface area contributed by atoms with Crippen molar-refractivity contribution in [2.45, 2.75) is 32.7 Å². The van der Waals surface area contributed by atoms with Crippen molar-refractivity contribution in [2.24, 2.45) is 17.8 Å². The summed E-state index contributed by atoms with van der Waals surface area (Å²) in [6.07, 6.45) is 7.48. The average molecular weight is 287 g/mol. The molecule has 114 valence electrons. The molecule has 0 radical (unpaired) electrons. The Morgan fingerprint density at radius 1 is 1.24 bits per heavy atom. The molecule has 2 aliphatic rings. The zero-order chi connectivity index (χ0) is 14.8. The van der Waals surface area contributed by atoms with Crippen molar-refractivity contribution in [3.05, 3.63) is 30.4 Å². The summed E-state index contributed by atoms with van der Waals surface area (Å²) in [7, 11) is 1.68. The third kappa shape index (κ3) is 2.87. The molecule has 1 fully saturated rings. The number of hydrogen-bond acceptors (Lipinski definition) is 3. The molecule has 4 atom stereocenters. The number of benzene rings is 1. The van der Waals surface area contributed by atoms with E-state index in [0.29, 0.717) is 12.6 Å². The summed E-state index contributed by atoms with van der Waals surface area (Å²) in [5, 5.41) is 3.65. The largest absolute Gasteiger partial charge is 0.493 e. The van der Waals surface area contributed by atoms with Crippen molar-refractivity contribution >= 4 is 5.69 Å². The van der Waals surface area contributed by atoms with Crippen LogP contribution in [-0.2, 0) is 0 Å². The van der Waals surface area contributed by atoms with Crippen LogP contribution in [0.25, 0.3) is 0 Å². The topological polar surface area (TPSA) is 30.5 Å². The van der Waals surface area contributed by atoms with E-state index in [4.69, 9.17) is 9.47 Å². The van der Waals surface area contributed by atoms with Crippen molar-refractivity contribution in [3.63, 3.8) is 0 Å². The number of fused-ring (bicyclic) bond motifs is 2. The fourth-order valence-electron chi connectivity index (χ4n) is 3.80. The van der Waals surface area contributed by atoms with E-state index in [2.05, 4.69) is 30.5 Å². The highest BCUT2D eigenvalue weighted by atomic mass is 16.5. The van der Waals surface area contributed by atoms with Crippen molar-refractivity contribution in [2.75, 3.05) is 19.0 Å². The smallest absolute Gasteiger partial charge is 0.163 e. The summed E-state index contributed by atoms with van der Waals surface area (Å²) in [5.74, 6) is 3.93. The number of ether oxygens (including phenoxy) is 2. The monoisotopic (exact) mass is 287 g/mol. The minimum Gasteiger partial charge on any atom is -0.493 e. The van der Waals surface area contributed by atoms with Gasteiger partial charge in [-0.25, -0.2) is 0 Å². The molecule has 2 aliphatic carbocycles. The number of nitrogens with one attached hydrogen (secondary N) is 1. The van der Waals surface area contributed by atoms with Crippen molar-refractivity contribution in [3.8, 4) is 11.5 Å². The molecule has 2 bridgehead atoms. The number of rotatable bonds is 6. The predicted molar refractivity (Wildman–Crippen MR) is 86.1 cm³/mol. The second-order valence-corrected chi connectivity index (χ2v) is 6.18. The van der Waals surface area contributed by atoms with Crippen molar-refractivity contribution in [1.29, 1.82) is 0 Å². The third-order valence-electron chi connectivity index (χ3n) is 4.83. The molecule has 0 saturated heterocycles. The Morgan fingerprint density at radius 2 is 2.10 bits per heavy atom. The van der Waals surface area contributed by atoms with Gasteiger partial charge in [-0.1, -0.05) is 12.2 Å². The summed E-state index contributed by atoms with van der Waals surface area (Å²) in [6, 6.07) is 6.57. The van der Waals surface area contributed by atoms with Crippen LogP contribution in [0.1, 0.15) is 26.7 Å². The molecule has 3 rings (SSSR count). The lowest BCUT2D eigenvalue weighted by Gasteiger charge is -2.27. The summed E-state index contributed by atoms with van der Waals surface area (Å²) in [6.45, 7) is 4.93. The molecule has 1 saturated carbocycles. The molecule has 0 aromatic heterocycles. The van der Waals surface area contributed by atoms with Gasteiger partial charge < -0.3 is 14.8 Å². The number of allylic oxidation sites excluding steroid dienone is 2. The van der Waals surface area contributed by atoms with Gasteiger partial charge in [-0.05, 0) is 56.6 Å². The van der Waals surface area contributed by atoms with Crippen molar-refractivity contribution in [1.82, 2.24) is 0 Å². The highest BCUT2D eigenvalue weighted by molar-refractivity contribution is 5.55. The second kappa shape index (κ2) is 6.00. The Balaban J connectivity index is 1.69. The van der Waals surface area contributed by atoms with E-state index >= 15 is 0 Å². The van der Waals surface area contributed by atoms with E-state index in [1.54, 1.807) is 7.11 Å². The maximum atomic E-state index is 5.65. The summed E-state index contributed by atoms with van der Waals surface area (Å²) >= 11 is 0. The second-order valence-electron chi connectivity index (χ2n) is 6.18. The van der Waals surface area contributed by atoms with Gasteiger partial charge in [-0.15, -0.1) is 0 Å². The van der Waals surface area contributed by atoms with Crippen LogP contribution in [0.15, 0.2) is 30.4 Å². The van der Waals surface area contributed by atoms with Crippen molar-refractivity contribution < 1.29 is 9.47 Å². The summed E-state index contributed by atoms with van der Waals surface area (Å²) < 4.78 is 11.0. The van der Waals surface area contributed by atoms with E-state index in [0.717, 1.165) is 34.9 Å². The summed E-state index contributed by atoms with van der Waals surface area (Å²) in [4.78, 5) is 0. The average Bonchev–Trinajstić information content (AvgIpc) is 3.10. The maximum absolute atomic E-state index is 5.65. The number of anilines is 1. The van der Waals surface area contributed by atoms with Gasteiger partial charge in [0.05, 0.1) is 13.7 Å². The molecule has 0 spiro atoms. The molecule has 0 heterocycles. The Hall–Kier alpha value is -1.64. The summed E-state index contributed by atoms with van der Waals surface area (Å²) in [5.41, 5.74) is 1.11. The van der Waals surface area contributed by atoms with Gasteiger partial charge in [0, 0.05) is 17.8 Å². The minimum absolute atomic E-state index is 0.479. The van der Waals surface area contributed by atoms with Gasteiger partial charge in [0.15, 0.2) is 11.5 Å². The fraction of sp³-hybridized carbons (Fsp3) is 0.556. The van der Waals surface area contributed by atoms with Gasteiger partial charge in [0.1, 0.15) is 0 Å². The predicted octanol–water partition coefficient (Wildman–Crippen LogP) is 4.11. The number of hydrogen-bond donors (Lipinski definition) is 1. The Kier molecular flexibility index (Phi) is 4.09. The Morgan fingerprint density at radius 3 is 2.71 bits per heavy atom. The molecular weight excluding hydrogens is 262 g/mol. The van der Waals surface area contributed by atoms with Gasteiger partial charge in [0.25, 0.3) is 0 Å². The Bertz CT molecular complexity index is 526. The highest BCUT2D eigenvalue weighted by Gasteiger charge is 2.38. The zero-order valence-electron chi connectivity index (χ0n) is 13.1. The van der Waals surface area contributed by atoms with Crippen LogP contribution in [0.3, 0.4) is 0 Å². The van der Waals surface area contributed by atoms with Gasteiger partial charge >= 0.3 is 0 Å². The molecule has 4 unspecified atom stereocenters.